The molecule has 4 aromatic rings. The second-order valence-electron chi connectivity index (χ2n) is 6.73. The molecule has 0 saturated heterocycles. The fraction of sp³-hybridized carbons (Fsp3) is 0.174. The molecule has 136 valence electrons. The molecule has 0 aliphatic heterocycles. The molecule has 3 nitrogen and oxygen atoms in total. The third-order valence-corrected chi connectivity index (χ3v) is 5.42. The number of hydrogen-bond acceptors (Lipinski definition) is 3. The molecule has 0 bridgehead atoms. The highest BCUT2D eigenvalue weighted by molar-refractivity contribution is 9.10. The van der Waals surface area contributed by atoms with E-state index in [-0.39, 0.29) is 5.43 Å². The Morgan fingerprint density at radius 2 is 1.85 bits per heavy atom. The van der Waals surface area contributed by atoms with Gasteiger partial charge in [0.25, 0.3) is 0 Å². The van der Waals surface area contributed by atoms with Gasteiger partial charge in [-0.15, -0.1) is 0 Å². The van der Waals surface area contributed by atoms with Gasteiger partial charge in [0, 0.05) is 21.3 Å². The van der Waals surface area contributed by atoms with E-state index in [0.717, 1.165) is 40.4 Å². The van der Waals surface area contributed by atoms with Gasteiger partial charge >= 0.3 is 0 Å². The average Bonchev–Trinajstić information content (AvgIpc) is 2.67. The number of anilines is 1. The van der Waals surface area contributed by atoms with E-state index in [1.165, 1.54) is 0 Å². The summed E-state index contributed by atoms with van der Waals surface area (Å²) in [4.78, 5) is 13.2. The zero-order valence-electron chi connectivity index (χ0n) is 15.1. The first-order chi connectivity index (χ1) is 13.1. The lowest BCUT2D eigenvalue weighted by atomic mass is 9.94. The molecule has 3 aromatic carbocycles. The Balaban J connectivity index is 2.11. The minimum atomic E-state index is -0.0131. The number of halogens is 1. The number of para-hydroxylation sites is 1. The van der Waals surface area contributed by atoms with Gasteiger partial charge in [-0.2, -0.15) is 0 Å². The van der Waals surface area contributed by atoms with Gasteiger partial charge in [-0.3, -0.25) is 4.79 Å². The van der Waals surface area contributed by atoms with Crippen LogP contribution in [-0.4, -0.2) is 0 Å². The van der Waals surface area contributed by atoms with E-state index in [1.54, 1.807) is 0 Å². The zero-order chi connectivity index (χ0) is 19.0. The molecule has 4 heteroatoms. The summed E-state index contributed by atoms with van der Waals surface area (Å²) in [5.74, 6) is 0. The monoisotopic (exact) mass is 421 g/mol. The third-order valence-electron chi connectivity index (χ3n) is 4.93. The number of fused-ring (bicyclic) bond motifs is 2. The molecule has 0 unspecified atom stereocenters. The largest absolute Gasteiger partial charge is 0.455 e. The van der Waals surface area contributed by atoms with Crippen LogP contribution in [0.4, 0.5) is 5.69 Å². The third kappa shape index (κ3) is 3.15. The molecule has 0 atom stereocenters. The Morgan fingerprint density at radius 1 is 1.04 bits per heavy atom. The highest BCUT2D eigenvalue weighted by Gasteiger charge is 2.18. The van der Waals surface area contributed by atoms with Gasteiger partial charge in [0.1, 0.15) is 11.2 Å². The van der Waals surface area contributed by atoms with Gasteiger partial charge in [0.05, 0.1) is 10.8 Å². The minimum absolute atomic E-state index is 0.0131. The molecule has 4 rings (SSSR count). The Morgan fingerprint density at radius 3 is 2.63 bits per heavy atom. The molecule has 0 radical (unpaired) electrons. The molecule has 0 amide bonds. The summed E-state index contributed by atoms with van der Waals surface area (Å²) >= 11 is 3.52. The van der Waals surface area contributed by atoms with Crippen LogP contribution in [0.3, 0.4) is 0 Å². The van der Waals surface area contributed by atoms with Crippen molar-refractivity contribution in [3.63, 3.8) is 0 Å². The Labute approximate surface area is 165 Å². The fourth-order valence-electron chi connectivity index (χ4n) is 3.52. The summed E-state index contributed by atoms with van der Waals surface area (Å²) in [5.41, 5.74) is 11.3. The molecule has 0 fully saturated rings. The quantitative estimate of drug-likeness (QED) is 0.310. The molecule has 0 aliphatic rings. The van der Waals surface area contributed by atoms with Crippen molar-refractivity contribution in [1.82, 2.24) is 0 Å². The van der Waals surface area contributed by atoms with Crippen LogP contribution < -0.4 is 11.2 Å². The van der Waals surface area contributed by atoms with Gasteiger partial charge in [-0.05, 0) is 48.7 Å². The lowest BCUT2D eigenvalue weighted by Crippen LogP contribution is -2.07. The fourth-order valence-corrected chi connectivity index (χ4v) is 3.91. The van der Waals surface area contributed by atoms with Crippen LogP contribution in [0, 0.1) is 0 Å². The predicted octanol–water partition coefficient (Wildman–Crippen LogP) is 6.30. The number of unbranched alkanes of at least 4 members (excludes halogenated alkanes) is 1. The lowest BCUT2D eigenvalue weighted by Gasteiger charge is -2.15. The Kier molecular flexibility index (Phi) is 4.75. The highest BCUT2D eigenvalue weighted by Crippen LogP contribution is 2.36. The molecule has 1 heterocycles. The lowest BCUT2D eigenvalue weighted by molar-refractivity contribution is 0.650. The van der Waals surface area contributed by atoms with Crippen LogP contribution >= 0.6 is 15.9 Å². The van der Waals surface area contributed by atoms with Gasteiger partial charge < -0.3 is 10.2 Å². The van der Waals surface area contributed by atoms with Crippen molar-refractivity contribution in [1.29, 1.82) is 0 Å². The Bertz CT molecular complexity index is 1210. The van der Waals surface area contributed by atoms with Gasteiger partial charge in [-0.1, -0.05) is 53.5 Å². The molecule has 0 spiro atoms. The van der Waals surface area contributed by atoms with E-state index in [4.69, 9.17) is 10.2 Å². The van der Waals surface area contributed by atoms with Gasteiger partial charge in [0.15, 0.2) is 0 Å². The molecular weight excluding hydrogens is 402 g/mol. The molecule has 27 heavy (non-hydrogen) atoms. The van der Waals surface area contributed by atoms with Crippen molar-refractivity contribution in [2.75, 3.05) is 5.73 Å². The maximum absolute atomic E-state index is 13.2. The molecule has 0 saturated carbocycles. The molecule has 2 N–H and O–H groups in total. The molecule has 0 aliphatic carbocycles. The second kappa shape index (κ2) is 7.20. The van der Waals surface area contributed by atoms with Crippen LogP contribution in [0.5, 0.6) is 0 Å². The van der Waals surface area contributed by atoms with Crippen molar-refractivity contribution in [2.24, 2.45) is 0 Å². The van der Waals surface area contributed by atoms with Crippen molar-refractivity contribution >= 4 is 43.6 Å². The first kappa shape index (κ1) is 17.8. The Hall–Kier alpha value is -2.59. The van der Waals surface area contributed by atoms with Crippen molar-refractivity contribution < 1.29 is 4.42 Å². The van der Waals surface area contributed by atoms with Crippen molar-refractivity contribution in [3.05, 3.63) is 74.9 Å². The second-order valence-corrected chi connectivity index (χ2v) is 7.65. The van der Waals surface area contributed by atoms with E-state index in [9.17, 15) is 4.79 Å². The van der Waals surface area contributed by atoms with Crippen LogP contribution in [0.15, 0.2) is 68.3 Å². The number of rotatable bonds is 4. The zero-order valence-corrected chi connectivity index (χ0v) is 16.7. The highest BCUT2D eigenvalue weighted by atomic mass is 79.9. The van der Waals surface area contributed by atoms with Crippen LogP contribution in [0.2, 0.25) is 0 Å². The van der Waals surface area contributed by atoms with Crippen molar-refractivity contribution in [2.45, 2.75) is 26.2 Å². The number of nitrogens with two attached hydrogens (primary N) is 1. The van der Waals surface area contributed by atoms with Gasteiger partial charge in [-0.25, -0.2) is 0 Å². The van der Waals surface area contributed by atoms with Gasteiger partial charge in [0.2, 0.25) is 5.43 Å². The predicted molar refractivity (Wildman–Crippen MR) is 116 cm³/mol. The first-order valence-corrected chi connectivity index (χ1v) is 9.92. The minimum Gasteiger partial charge on any atom is -0.455 e. The summed E-state index contributed by atoms with van der Waals surface area (Å²) in [6.07, 6.45) is 2.81. The maximum atomic E-state index is 13.2. The summed E-state index contributed by atoms with van der Waals surface area (Å²) < 4.78 is 7.13. The molecule has 1 aromatic heterocycles. The van der Waals surface area contributed by atoms with E-state index in [2.05, 4.69) is 22.9 Å². The number of nitrogen functional groups attached to an aromatic ring is 1. The SMILES string of the molecule is CCCCc1c(N)c(-c2cccc(Br)c2)cc2c(=O)c3ccccc3oc12. The average molecular weight is 422 g/mol. The van der Waals surface area contributed by atoms with E-state index < -0.39 is 0 Å². The summed E-state index contributed by atoms with van der Waals surface area (Å²) in [6.45, 7) is 2.14. The first-order valence-electron chi connectivity index (χ1n) is 9.13. The van der Waals surface area contributed by atoms with Crippen LogP contribution in [0.25, 0.3) is 33.1 Å². The number of hydrogen-bond donors (Lipinski definition) is 1. The van der Waals surface area contributed by atoms with Crippen molar-refractivity contribution in [3.8, 4) is 11.1 Å². The number of benzene rings is 3. The van der Waals surface area contributed by atoms with E-state index >= 15 is 0 Å². The summed E-state index contributed by atoms with van der Waals surface area (Å²) in [6, 6.07) is 17.2. The normalized spacial score (nSPS) is 11.3. The standard InChI is InChI=1S/C23H20BrNO2/c1-2-3-9-17-21(25)18(14-7-6-8-15(24)12-14)13-19-22(26)16-10-4-5-11-20(16)27-23(17)19/h4-8,10-13H,2-3,9,25H2,1H3. The van der Waals surface area contributed by atoms with Crippen LogP contribution in [0.1, 0.15) is 25.3 Å². The summed E-state index contributed by atoms with van der Waals surface area (Å²) in [7, 11) is 0. The van der Waals surface area contributed by atoms with E-state index in [0.29, 0.717) is 27.6 Å². The summed E-state index contributed by atoms with van der Waals surface area (Å²) in [5, 5.41) is 1.18. The number of aryl methyl sites for hydroxylation is 1. The van der Waals surface area contributed by atoms with Crippen LogP contribution in [-0.2, 0) is 6.42 Å². The van der Waals surface area contributed by atoms with E-state index in [1.807, 2.05) is 54.6 Å². The molecular formula is C23H20BrNO2. The smallest absolute Gasteiger partial charge is 0.200 e. The maximum Gasteiger partial charge on any atom is 0.200 e. The topological polar surface area (TPSA) is 56.2 Å².